The predicted molar refractivity (Wildman–Crippen MR) is 116 cm³/mol. The molecule has 0 bridgehead atoms. The Morgan fingerprint density at radius 3 is 2.11 bits per heavy atom. The van der Waals surface area contributed by atoms with Gasteiger partial charge in [0.15, 0.2) is 0 Å². The molecule has 1 aliphatic carbocycles. The molecule has 0 fully saturated rings. The number of carbonyl (C=O) groups is 1. The Bertz CT molecular complexity index is 1050. The lowest BCUT2D eigenvalue weighted by molar-refractivity contribution is 0.0697. The monoisotopic (exact) mass is 414 g/mol. The van der Waals surface area contributed by atoms with Crippen LogP contribution < -0.4 is 0 Å². The van der Waals surface area contributed by atoms with E-state index in [-0.39, 0.29) is 0 Å². The zero-order valence-electron chi connectivity index (χ0n) is 15.1. The lowest BCUT2D eigenvalue weighted by Gasteiger charge is -2.07. The van der Waals surface area contributed by atoms with Gasteiger partial charge in [0, 0.05) is 14.6 Å². The normalized spacial score (nSPS) is 14.2. The van der Waals surface area contributed by atoms with Crippen molar-refractivity contribution in [3.8, 4) is 10.4 Å². The number of carboxylic acid groups (broad SMARTS) is 1. The first-order valence-corrected chi connectivity index (χ1v) is 10.9. The van der Waals surface area contributed by atoms with Crippen molar-refractivity contribution < 1.29 is 9.90 Å². The maximum Gasteiger partial charge on any atom is 0.335 e. The van der Waals surface area contributed by atoms with Gasteiger partial charge in [-0.3, -0.25) is 0 Å². The van der Waals surface area contributed by atoms with Gasteiger partial charge in [-0.2, -0.15) is 0 Å². The van der Waals surface area contributed by atoms with Gasteiger partial charge < -0.3 is 5.11 Å². The second-order valence-electron chi connectivity index (χ2n) is 6.79. The standard InChI is InChI=1S/C22H19ClO2S2/c1-12-18(10-20(26-12)14-6-8-15(9-7-14)22(24)25)16-4-3-5-17(16)19-11-21(23)27-13(19)2/h6-11H,3-5H2,1-2H3,(H,24,25). The molecule has 4 rings (SSSR count). The third-order valence-electron chi connectivity index (χ3n) is 5.09. The molecule has 2 heterocycles. The minimum atomic E-state index is -0.893. The Labute approximate surface area is 171 Å². The molecule has 5 heteroatoms. The number of allylic oxidation sites excluding steroid dienone is 2. The van der Waals surface area contributed by atoms with Crippen molar-refractivity contribution in [1.29, 1.82) is 0 Å². The summed E-state index contributed by atoms with van der Waals surface area (Å²) in [5.41, 5.74) is 6.88. The second-order valence-corrected chi connectivity index (χ2v) is 9.94. The largest absolute Gasteiger partial charge is 0.478 e. The molecule has 1 N–H and O–H groups in total. The van der Waals surface area contributed by atoms with Crippen LogP contribution in [0.15, 0.2) is 36.4 Å². The van der Waals surface area contributed by atoms with E-state index in [1.165, 1.54) is 43.3 Å². The predicted octanol–water partition coefficient (Wildman–Crippen LogP) is 7.54. The van der Waals surface area contributed by atoms with Crippen molar-refractivity contribution in [3.63, 3.8) is 0 Å². The summed E-state index contributed by atoms with van der Waals surface area (Å²) >= 11 is 9.66. The molecule has 138 valence electrons. The summed E-state index contributed by atoms with van der Waals surface area (Å²) in [4.78, 5) is 14.8. The van der Waals surface area contributed by atoms with Crippen LogP contribution in [0, 0.1) is 13.8 Å². The van der Waals surface area contributed by atoms with Crippen LogP contribution in [0.4, 0.5) is 0 Å². The first-order valence-electron chi connectivity index (χ1n) is 8.87. The lowest BCUT2D eigenvalue weighted by Crippen LogP contribution is -1.94. The van der Waals surface area contributed by atoms with Crippen LogP contribution in [0.1, 0.15) is 50.5 Å². The molecule has 1 aliphatic rings. The fraction of sp³-hybridized carbons (Fsp3) is 0.227. The van der Waals surface area contributed by atoms with E-state index in [2.05, 4.69) is 26.0 Å². The number of thiophene rings is 2. The van der Waals surface area contributed by atoms with Crippen molar-refractivity contribution in [3.05, 3.63) is 67.2 Å². The fourth-order valence-corrected chi connectivity index (χ4v) is 6.05. The van der Waals surface area contributed by atoms with Crippen LogP contribution in [0.25, 0.3) is 21.6 Å². The molecule has 0 amide bonds. The highest BCUT2D eigenvalue weighted by Crippen LogP contribution is 2.46. The van der Waals surface area contributed by atoms with Crippen LogP contribution >= 0.6 is 34.3 Å². The molecule has 0 saturated heterocycles. The zero-order chi connectivity index (χ0) is 19.1. The Morgan fingerprint density at radius 1 is 0.963 bits per heavy atom. The fourth-order valence-electron chi connectivity index (χ4n) is 3.78. The van der Waals surface area contributed by atoms with Crippen LogP contribution in [-0.2, 0) is 0 Å². The van der Waals surface area contributed by atoms with Gasteiger partial charge in [-0.15, -0.1) is 22.7 Å². The maximum atomic E-state index is 11.1. The number of hydrogen-bond acceptors (Lipinski definition) is 3. The molecule has 0 aliphatic heterocycles. The smallest absolute Gasteiger partial charge is 0.335 e. The first kappa shape index (κ1) is 18.5. The molecule has 0 atom stereocenters. The SMILES string of the molecule is Cc1sc(Cl)cc1C1=C(c2cc(-c3ccc(C(=O)O)cc3)sc2C)CCC1. The summed E-state index contributed by atoms with van der Waals surface area (Å²) in [5.74, 6) is -0.893. The summed E-state index contributed by atoms with van der Waals surface area (Å²) in [6.07, 6.45) is 3.37. The van der Waals surface area contributed by atoms with Gasteiger partial charge in [0.25, 0.3) is 0 Å². The summed E-state index contributed by atoms with van der Waals surface area (Å²) in [7, 11) is 0. The van der Waals surface area contributed by atoms with Crippen LogP contribution in [0.3, 0.4) is 0 Å². The van der Waals surface area contributed by atoms with E-state index in [4.69, 9.17) is 16.7 Å². The van der Waals surface area contributed by atoms with Gasteiger partial charge in [-0.25, -0.2) is 4.79 Å². The van der Waals surface area contributed by atoms with E-state index in [0.717, 1.165) is 22.7 Å². The highest BCUT2D eigenvalue weighted by atomic mass is 35.5. The van der Waals surface area contributed by atoms with Crippen LogP contribution in [0.5, 0.6) is 0 Å². The summed E-state index contributed by atoms with van der Waals surface area (Å²) in [6.45, 7) is 4.32. The Hall–Kier alpha value is -1.88. The molecule has 0 spiro atoms. The maximum absolute atomic E-state index is 11.1. The van der Waals surface area contributed by atoms with E-state index in [1.807, 2.05) is 12.1 Å². The van der Waals surface area contributed by atoms with Crippen molar-refractivity contribution >= 4 is 51.4 Å². The van der Waals surface area contributed by atoms with Gasteiger partial charge in [0.05, 0.1) is 9.90 Å². The minimum Gasteiger partial charge on any atom is -0.478 e. The molecular weight excluding hydrogens is 396 g/mol. The average Bonchev–Trinajstić information content (AvgIpc) is 3.33. The molecular formula is C22H19ClO2S2. The molecule has 0 unspecified atom stereocenters. The molecule has 27 heavy (non-hydrogen) atoms. The zero-order valence-corrected chi connectivity index (χ0v) is 17.5. The third kappa shape index (κ3) is 3.49. The van der Waals surface area contributed by atoms with Gasteiger partial charge in [-0.1, -0.05) is 23.7 Å². The Morgan fingerprint density at radius 2 is 1.56 bits per heavy atom. The molecule has 0 radical (unpaired) electrons. The molecule has 2 aromatic heterocycles. The van der Waals surface area contributed by atoms with Crippen molar-refractivity contribution in [1.82, 2.24) is 0 Å². The number of benzene rings is 1. The number of carboxylic acids is 1. The van der Waals surface area contributed by atoms with E-state index in [9.17, 15) is 4.79 Å². The van der Waals surface area contributed by atoms with E-state index < -0.39 is 5.97 Å². The Kier molecular flexibility index (Phi) is 4.97. The Balaban J connectivity index is 1.75. The average molecular weight is 415 g/mol. The highest BCUT2D eigenvalue weighted by molar-refractivity contribution is 7.16. The number of aryl methyl sites for hydroxylation is 2. The molecule has 0 saturated carbocycles. The molecule has 1 aromatic carbocycles. The summed E-state index contributed by atoms with van der Waals surface area (Å²) in [6, 6.07) is 11.5. The first-order chi connectivity index (χ1) is 12.9. The van der Waals surface area contributed by atoms with Crippen molar-refractivity contribution in [2.24, 2.45) is 0 Å². The van der Waals surface area contributed by atoms with Gasteiger partial charge in [0.2, 0.25) is 0 Å². The van der Waals surface area contributed by atoms with Crippen molar-refractivity contribution in [2.75, 3.05) is 0 Å². The summed E-state index contributed by atoms with van der Waals surface area (Å²) < 4.78 is 0.850. The highest BCUT2D eigenvalue weighted by Gasteiger charge is 2.23. The van der Waals surface area contributed by atoms with Crippen LogP contribution in [0.2, 0.25) is 4.34 Å². The van der Waals surface area contributed by atoms with Crippen molar-refractivity contribution in [2.45, 2.75) is 33.1 Å². The lowest BCUT2D eigenvalue weighted by atomic mass is 9.97. The number of halogens is 1. The van der Waals surface area contributed by atoms with E-state index >= 15 is 0 Å². The molecule has 3 aromatic rings. The number of rotatable bonds is 4. The summed E-state index contributed by atoms with van der Waals surface area (Å²) in [5, 5.41) is 9.09. The van der Waals surface area contributed by atoms with Gasteiger partial charge >= 0.3 is 5.97 Å². The quantitative estimate of drug-likeness (QED) is 0.478. The topological polar surface area (TPSA) is 37.3 Å². The molecule has 2 nitrogen and oxygen atoms in total. The van der Waals surface area contributed by atoms with Gasteiger partial charge in [-0.05, 0) is 85.2 Å². The van der Waals surface area contributed by atoms with Gasteiger partial charge in [0.1, 0.15) is 0 Å². The number of aromatic carboxylic acids is 1. The van der Waals surface area contributed by atoms with E-state index in [0.29, 0.717) is 5.56 Å². The van der Waals surface area contributed by atoms with Crippen LogP contribution in [-0.4, -0.2) is 11.1 Å². The number of hydrogen-bond donors (Lipinski definition) is 1. The second kappa shape index (κ2) is 7.27. The third-order valence-corrected chi connectivity index (χ3v) is 7.37. The minimum absolute atomic E-state index is 0.317. The van der Waals surface area contributed by atoms with E-state index in [1.54, 1.807) is 34.8 Å².